The number of benzene rings is 1. The molecule has 0 aliphatic carbocycles. The van der Waals surface area contributed by atoms with Gasteiger partial charge in [0.2, 0.25) is 0 Å². The molecule has 1 aliphatic heterocycles. The lowest BCUT2D eigenvalue weighted by molar-refractivity contribution is -0.0588. The molecule has 1 aliphatic rings. The van der Waals surface area contributed by atoms with E-state index in [1.165, 1.54) is 24.3 Å². The first kappa shape index (κ1) is 14.4. The predicted molar refractivity (Wildman–Crippen MR) is 76.0 cm³/mol. The number of hydrogen-bond acceptors (Lipinski definition) is 6. The summed E-state index contributed by atoms with van der Waals surface area (Å²) in [6.45, 7) is 1.57. The van der Waals surface area contributed by atoms with Gasteiger partial charge < -0.3 is 4.84 Å². The van der Waals surface area contributed by atoms with Gasteiger partial charge in [0, 0.05) is 0 Å². The molecular weight excluding hydrogens is 298 g/mol. The average molecular weight is 307 g/mol. The van der Waals surface area contributed by atoms with Crippen molar-refractivity contribution in [2.45, 2.75) is 6.92 Å². The van der Waals surface area contributed by atoms with E-state index in [-0.39, 0.29) is 16.8 Å². The fourth-order valence-corrected chi connectivity index (χ4v) is 2.17. The maximum Gasteiger partial charge on any atom is 0.382 e. The van der Waals surface area contributed by atoms with E-state index in [0.717, 1.165) is 0 Å². The van der Waals surface area contributed by atoms with Crippen molar-refractivity contribution < 1.29 is 19.2 Å². The fourth-order valence-electron chi connectivity index (χ4n) is 2.17. The van der Waals surface area contributed by atoms with Crippen LogP contribution in [0.15, 0.2) is 36.4 Å². The number of nitriles is 1. The summed E-state index contributed by atoms with van der Waals surface area (Å²) in [5.74, 6) is -2.36. The minimum atomic E-state index is -0.952. The Labute approximate surface area is 130 Å². The monoisotopic (exact) mass is 307 g/mol. The van der Waals surface area contributed by atoms with Crippen molar-refractivity contribution in [3.8, 4) is 6.07 Å². The second-order valence-electron chi connectivity index (χ2n) is 4.77. The molecule has 7 nitrogen and oxygen atoms in total. The van der Waals surface area contributed by atoms with Gasteiger partial charge >= 0.3 is 5.97 Å². The van der Waals surface area contributed by atoms with E-state index >= 15 is 0 Å². The van der Waals surface area contributed by atoms with Gasteiger partial charge in [-0.25, -0.2) is 9.78 Å². The van der Waals surface area contributed by atoms with Crippen LogP contribution in [0.2, 0.25) is 0 Å². The normalized spacial score (nSPS) is 12.8. The zero-order chi connectivity index (χ0) is 16.6. The summed E-state index contributed by atoms with van der Waals surface area (Å²) in [5.41, 5.74) is 0.924. The van der Waals surface area contributed by atoms with E-state index in [9.17, 15) is 14.4 Å². The van der Waals surface area contributed by atoms with Crippen LogP contribution in [0.5, 0.6) is 0 Å². The van der Waals surface area contributed by atoms with Crippen molar-refractivity contribution in [1.29, 1.82) is 5.26 Å². The third kappa shape index (κ3) is 2.32. The third-order valence-corrected chi connectivity index (χ3v) is 3.35. The second-order valence-corrected chi connectivity index (χ2v) is 4.77. The Kier molecular flexibility index (Phi) is 3.35. The van der Waals surface area contributed by atoms with Crippen LogP contribution in [0.3, 0.4) is 0 Å². The quantitative estimate of drug-likeness (QED) is 0.782. The number of pyridine rings is 1. The highest BCUT2D eigenvalue weighted by molar-refractivity contribution is 6.21. The van der Waals surface area contributed by atoms with Crippen LogP contribution in [0.4, 0.5) is 0 Å². The molecule has 2 heterocycles. The minimum Gasteiger partial charge on any atom is -0.323 e. The van der Waals surface area contributed by atoms with Gasteiger partial charge in [-0.15, -0.1) is 0 Å². The van der Waals surface area contributed by atoms with Gasteiger partial charge in [-0.05, 0) is 31.2 Å². The average Bonchev–Trinajstić information content (AvgIpc) is 2.80. The van der Waals surface area contributed by atoms with Gasteiger partial charge in [-0.1, -0.05) is 17.2 Å². The van der Waals surface area contributed by atoms with E-state index < -0.39 is 17.8 Å². The number of rotatable bonds is 2. The third-order valence-electron chi connectivity index (χ3n) is 3.35. The summed E-state index contributed by atoms with van der Waals surface area (Å²) in [5, 5.41) is 9.26. The number of fused-ring (bicyclic) bond motifs is 1. The SMILES string of the molecule is Cc1nc(C(=O)ON2C(=O)c3ccccc3C2=O)ccc1C#N. The maximum absolute atomic E-state index is 12.1. The first-order valence-electron chi connectivity index (χ1n) is 6.61. The molecule has 0 fully saturated rings. The van der Waals surface area contributed by atoms with Crippen molar-refractivity contribution in [2.24, 2.45) is 0 Å². The number of hydrogen-bond donors (Lipinski definition) is 0. The molecule has 2 amide bonds. The van der Waals surface area contributed by atoms with Gasteiger partial charge in [0.1, 0.15) is 6.07 Å². The van der Waals surface area contributed by atoms with E-state index in [2.05, 4.69) is 4.98 Å². The molecule has 0 saturated carbocycles. The molecule has 0 N–H and O–H groups in total. The van der Waals surface area contributed by atoms with Gasteiger partial charge in [-0.3, -0.25) is 9.59 Å². The molecule has 0 bridgehead atoms. The number of nitrogens with zero attached hydrogens (tertiary/aromatic N) is 3. The number of carbonyl (C=O) groups is 3. The molecule has 0 radical (unpaired) electrons. The van der Waals surface area contributed by atoms with E-state index in [1.54, 1.807) is 19.1 Å². The van der Waals surface area contributed by atoms with Crippen molar-refractivity contribution in [2.75, 3.05) is 0 Å². The summed E-state index contributed by atoms with van der Waals surface area (Å²) in [6.07, 6.45) is 0. The smallest absolute Gasteiger partial charge is 0.323 e. The van der Waals surface area contributed by atoms with Gasteiger partial charge in [0.05, 0.1) is 22.4 Å². The molecule has 3 rings (SSSR count). The first-order chi connectivity index (χ1) is 11.0. The Balaban J connectivity index is 1.85. The van der Waals surface area contributed by atoms with Crippen molar-refractivity contribution in [3.63, 3.8) is 0 Å². The lowest BCUT2D eigenvalue weighted by Gasteiger charge is -2.12. The van der Waals surface area contributed by atoms with Gasteiger partial charge in [0.15, 0.2) is 5.69 Å². The lowest BCUT2D eigenvalue weighted by Crippen LogP contribution is -2.33. The summed E-state index contributed by atoms with van der Waals surface area (Å²) in [6, 6.07) is 10.8. The van der Waals surface area contributed by atoms with Crippen LogP contribution in [0, 0.1) is 18.3 Å². The van der Waals surface area contributed by atoms with Gasteiger partial charge in [-0.2, -0.15) is 5.26 Å². The first-order valence-corrected chi connectivity index (χ1v) is 6.61. The van der Waals surface area contributed by atoms with Crippen LogP contribution in [0.1, 0.15) is 42.5 Å². The van der Waals surface area contributed by atoms with Crippen LogP contribution in [0.25, 0.3) is 0 Å². The second kappa shape index (κ2) is 5.35. The molecule has 0 saturated heterocycles. The molecule has 23 heavy (non-hydrogen) atoms. The number of amides is 2. The lowest BCUT2D eigenvalue weighted by atomic mass is 10.1. The van der Waals surface area contributed by atoms with Crippen molar-refractivity contribution in [3.05, 3.63) is 64.5 Å². The highest BCUT2D eigenvalue weighted by Gasteiger charge is 2.38. The number of carbonyl (C=O) groups excluding carboxylic acids is 3. The number of imide groups is 1. The summed E-state index contributed by atoms with van der Waals surface area (Å²) in [7, 11) is 0. The van der Waals surface area contributed by atoms with Crippen molar-refractivity contribution >= 4 is 17.8 Å². The van der Waals surface area contributed by atoms with E-state index in [4.69, 9.17) is 10.1 Å². The van der Waals surface area contributed by atoms with Crippen LogP contribution >= 0.6 is 0 Å². The van der Waals surface area contributed by atoms with Crippen molar-refractivity contribution in [1.82, 2.24) is 10.0 Å². The Morgan fingerprint density at radius 2 is 1.74 bits per heavy atom. The van der Waals surface area contributed by atoms with Crippen LogP contribution in [-0.4, -0.2) is 27.8 Å². The summed E-state index contributed by atoms with van der Waals surface area (Å²) < 4.78 is 0. The molecule has 1 aromatic heterocycles. The molecule has 0 unspecified atom stereocenters. The molecular formula is C16H9N3O4. The predicted octanol–water partition coefficient (Wildman–Crippen LogP) is 1.63. The number of aryl methyl sites for hydroxylation is 1. The van der Waals surface area contributed by atoms with Crippen LogP contribution in [-0.2, 0) is 4.84 Å². The highest BCUT2D eigenvalue weighted by Crippen LogP contribution is 2.23. The minimum absolute atomic E-state index is 0.0990. The highest BCUT2D eigenvalue weighted by atomic mass is 16.7. The molecule has 112 valence electrons. The summed E-state index contributed by atoms with van der Waals surface area (Å²) >= 11 is 0. The number of hydroxylamine groups is 2. The zero-order valence-corrected chi connectivity index (χ0v) is 11.9. The maximum atomic E-state index is 12.1. The molecule has 7 heteroatoms. The van der Waals surface area contributed by atoms with E-state index in [1.807, 2.05) is 6.07 Å². The number of aromatic nitrogens is 1. The molecule has 0 spiro atoms. The van der Waals surface area contributed by atoms with E-state index in [0.29, 0.717) is 16.3 Å². The van der Waals surface area contributed by atoms with Gasteiger partial charge in [0.25, 0.3) is 11.8 Å². The topological polar surface area (TPSA) is 100 Å². The largest absolute Gasteiger partial charge is 0.382 e. The Bertz CT molecular complexity index is 863. The Morgan fingerprint density at radius 3 is 2.26 bits per heavy atom. The standard InChI is InChI=1S/C16H9N3O4/c1-9-10(8-17)6-7-13(18-9)16(22)23-19-14(20)11-4-2-3-5-12(11)15(19)21/h2-7H,1H3. The fraction of sp³-hybridized carbons (Fsp3) is 0.0625. The molecule has 0 atom stereocenters. The Hall–Kier alpha value is -3.53. The molecule has 1 aromatic carbocycles. The molecule has 2 aromatic rings. The zero-order valence-electron chi connectivity index (χ0n) is 11.9. The summed E-state index contributed by atoms with van der Waals surface area (Å²) in [4.78, 5) is 45.1. The Morgan fingerprint density at radius 1 is 1.13 bits per heavy atom. The van der Waals surface area contributed by atoms with Crippen LogP contribution < -0.4 is 0 Å².